The maximum atomic E-state index is 11.8. The molecule has 0 saturated carbocycles. The van der Waals surface area contributed by atoms with Crippen LogP contribution in [0.15, 0.2) is 18.2 Å². The summed E-state index contributed by atoms with van der Waals surface area (Å²) in [6.07, 6.45) is 2.10. The molecule has 5 nitrogen and oxygen atoms in total. The highest BCUT2D eigenvalue weighted by atomic mass is 16.2. The Labute approximate surface area is 112 Å². The van der Waals surface area contributed by atoms with E-state index in [1.807, 2.05) is 12.1 Å². The van der Waals surface area contributed by atoms with Crippen molar-refractivity contribution in [2.24, 2.45) is 0 Å². The fourth-order valence-corrected chi connectivity index (χ4v) is 2.83. The van der Waals surface area contributed by atoms with Crippen molar-refractivity contribution in [3.63, 3.8) is 0 Å². The third-order valence-electron chi connectivity index (χ3n) is 3.77. The van der Waals surface area contributed by atoms with Gasteiger partial charge in [-0.1, -0.05) is 0 Å². The smallest absolute Gasteiger partial charge is 0.243 e. The number of fused-ring (bicyclic) bond motifs is 1. The van der Waals surface area contributed by atoms with E-state index in [4.69, 9.17) is 5.26 Å². The van der Waals surface area contributed by atoms with Crippen LogP contribution in [0, 0.1) is 11.3 Å². The molecular weight excluding hydrogens is 240 g/mol. The van der Waals surface area contributed by atoms with Gasteiger partial charge in [0.25, 0.3) is 0 Å². The molecule has 2 heterocycles. The van der Waals surface area contributed by atoms with E-state index in [2.05, 4.69) is 21.6 Å². The number of nitrogens with one attached hydrogen (secondary N) is 2. The molecule has 0 spiro atoms. The van der Waals surface area contributed by atoms with E-state index in [0.29, 0.717) is 18.2 Å². The van der Waals surface area contributed by atoms with Crippen LogP contribution < -0.4 is 15.5 Å². The first-order valence-corrected chi connectivity index (χ1v) is 6.59. The van der Waals surface area contributed by atoms with Gasteiger partial charge in [0, 0.05) is 6.04 Å². The number of nitrogens with zero attached hydrogens (tertiary/aromatic N) is 2. The van der Waals surface area contributed by atoms with Crippen molar-refractivity contribution in [3.05, 3.63) is 23.8 Å². The molecule has 0 unspecified atom stereocenters. The van der Waals surface area contributed by atoms with Crippen molar-refractivity contribution in [3.8, 4) is 6.07 Å². The molecule has 2 N–H and O–H groups in total. The molecule has 5 heteroatoms. The van der Waals surface area contributed by atoms with Gasteiger partial charge in [-0.05, 0) is 44.1 Å². The monoisotopic (exact) mass is 256 g/mol. The summed E-state index contributed by atoms with van der Waals surface area (Å²) in [6, 6.07) is 8.01. The fraction of sp³-hybridized carbons (Fsp3) is 0.429. The Bertz CT molecular complexity index is 543. The molecule has 0 radical (unpaired) electrons. The first kappa shape index (κ1) is 12.0. The van der Waals surface area contributed by atoms with E-state index in [-0.39, 0.29) is 5.91 Å². The van der Waals surface area contributed by atoms with Crippen LogP contribution in [0.2, 0.25) is 0 Å². The Morgan fingerprint density at radius 2 is 2.11 bits per heavy atom. The normalized spacial score (nSPS) is 19.5. The molecule has 19 heavy (non-hydrogen) atoms. The maximum absolute atomic E-state index is 11.8. The molecule has 0 aromatic heterocycles. The summed E-state index contributed by atoms with van der Waals surface area (Å²) < 4.78 is 0. The second-order valence-corrected chi connectivity index (χ2v) is 5.00. The second kappa shape index (κ2) is 4.90. The topological polar surface area (TPSA) is 68.2 Å². The first-order chi connectivity index (χ1) is 9.28. The van der Waals surface area contributed by atoms with Crippen molar-refractivity contribution in [1.82, 2.24) is 5.32 Å². The number of amides is 1. The second-order valence-electron chi connectivity index (χ2n) is 5.00. The lowest BCUT2D eigenvalue weighted by atomic mass is 10.0. The van der Waals surface area contributed by atoms with Gasteiger partial charge in [0.05, 0.1) is 29.6 Å². The Hall–Kier alpha value is -2.06. The van der Waals surface area contributed by atoms with Crippen LogP contribution in [0.25, 0.3) is 0 Å². The lowest BCUT2D eigenvalue weighted by molar-refractivity contribution is -0.115. The molecule has 1 amide bonds. The Kier molecular flexibility index (Phi) is 3.10. The standard InChI is InChI=1S/C14H16N4O/c15-8-10-1-2-13-12(7-10)17-14(19)9-18(13)11-3-5-16-6-4-11/h1-2,7,11,16H,3-6,9H2,(H,17,19). The summed E-state index contributed by atoms with van der Waals surface area (Å²) in [4.78, 5) is 14.0. The van der Waals surface area contributed by atoms with Gasteiger partial charge in [-0.15, -0.1) is 0 Å². The summed E-state index contributed by atoms with van der Waals surface area (Å²) in [5, 5.41) is 15.1. The van der Waals surface area contributed by atoms with E-state index < -0.39 is 0 Å². The SMILES string of the molecule is N#Cc1ccc2c(c1)NC(=O)CN2C1CCNCC1. The van der Waals surface area contributed by atoms with Gasteiger partial charge in [0.2, 0.25) is 5.91 Å². The highest BCUT2D eigenvalue weighted by molar-refractivity contribution is 6.01. The fourth-order valence-electron chi connectivity index (χ4n) is 2.83. The molecule has 0 aliphatic carbocycles. The summed E-state index contributed by atoms with van der Waals surface area (Å²) in [6.45, 7) is 2.40. The predicted molar refractivity (Wildman–Crippen MR) is 73.0 cm³/mol. The Morgan fingerprint density at radius 1 is 1.32 bits per heavy atom. The van der Waals surface area contributed by atoms with E-state index in [1.54, 1.807) is 6.07 Å². The van der Waals surface area contributed by atoms with Crippen LogP contribution in [-0.2, 0) is 4.79 Å². The molecule has 0 bridgehead atoms. The van der Waals surface area contributed by atoms with Crippen LogP contribution in [0.4, 0.5) is 11.4 Å². The van der Waals surface area contributed by atoms with E-state index in [9.17, 15) is 4.79 Å². The number of rotatable bonds is 1. The highest BCUT2D eigenvalue weighted by Crippen LogP contribution is 2.33. The van der Waals surface area contributed by atoms with E-state index in [1.165, 1.54) is 0 Å². The van der Waals surface area contributed by atoms with Crippen LogP contribution in [0.3, 0.4) is 0 Å². The average Bonchev–Trinajstić information content (AvgIpc) is 2.46. The first-order valence-electron chi connectivity index (χ1n) is 6.59. The molecule has 2 aliphatic heterocycles. The molecule has 98 valence electrons. The highest BCUT2D eigenvalue weighted by Gasteiger charge is 2.28. The molecule has 1 saturated heterocycles. The Morgan fingerprint density at radius 3 is 2.84 bits per heavy atom. The van der Waals surface area contributed by atoms with Crippen LogP contribution in [0.1, 0.15) is 18.4 Å². The molecule has 1 aromatic rings. The lowest BCUT2D eigenvalue weighted by Crippen LogP contribution is -2.48. The molecule has 2 aliphatic rings. The van der Waals surface area contributed by atoms with Gasteiger partial charge in [-0.3, -0.25) is 4.79 Å². The number of anilines is 2. The quantitative estimate of drug-likeness (QED) is 0.788. The molecule has 3 rings (SSSR count). The number of hydrogen-bond acceptors (Lipinski definition) is 4. The number of nitriles is 1. The number of hydrogen-bond donors (Lipinski definition) is 2. The van der Waals surface area contributed by atoms with E-state index >= 15 is 0 Å². The van der Waals surface area contributed by atoms with Gasteiger partial charge < -0.3 is 15.5 Å². The number of carbonyl (C=O) groups excluding carboxylic acids is 1. The zero-order chi connectivity index (χ0) is 13.2. The third kappa shape index (κ3) is 2.27. The molecule has 1 fully saturated rings. The lowest BCUT2D eigenvalue weighted by Gasteiger charge is -2.39. The van der Waals surface area contributed by atoms with Crippen molar-refractivity contribution in [2.45, 2.75) is 18.9 Å². The van der Waals surface area contributed by atoms with Crippen LogP contribution in [-0.4, -0.2) is 31.6 Å². The summed E-state index contributed by atoms with van der Waals surface area (Å²) in [5.41, 5.74) is 2.37. The minimum Gasteiger partial charge on any atom is -0.357 e. The molecular formula is C14H16N4O. The van der Waals surface area contributed by atoms with Gasteiger partial charge in [0.15, 0.2) is 0 Å². The molecule has 0 atom stereocenters. The predicted octanol–water partition coefficient (Wildman–Crippen LogP) is 1.07. The summed E-state index contributed by atoms with van der Waals surface area (Å²) in [5.74, 6) is 0.00104. The minimum atomic E-state index is 0.00104. The zero-order valence-corrected chi connectivity index (χ0v) is 10.6. The Balaban J connectivity index is 1.95. The van der Waals surface area contributed by atoms with E-state index in [0.717, 1.165) is 37.3 Å². The maximum Gasteiger partial charge on any atom is 0.243 e. The van der Waals surface area contributed by atoms with Crippen molar-refractivity contribution < 1.29 is 4.79 Å². The molecule has 1 aromatic carbocycles. The van der Waals surface area contributed by atoms with Crippen LogP contribution >= 0.6 is 0 Å². The number of benzene rings is 1. The summed E-state index contributed by atoms with van der Waals surface area (Å²) >= 11 is 0. The van der Waals surface area contributed by atoms with Crippen LogP contribution in [0.5, 0.6) is 0 Å². The average molecular weight is 256 g/mol. The van der Waals surface area contributed by atoms with Gasteiger partial charge in [0.1, 0.15) is 0 Å². The van der Waals surface area contributed by atoms with Gasteiger partial charge in [-0.2, -0.15) is 5.26 Å². The summed E-state index contributed by atoms with van der Waals surface area (Å²) in [7, 11) is 0. The largest absolute Gasteiger partial charge is 0.357 e. The van der Waals surface area contributed by atoms with Crippen molar-refractivity contribution in [1.29, 1.82) is 5.26 Å². The number of piperidine rings is 1. The minimum absolute atomic E-state index is 0.00104. The number of carbonyl (C=O) groups is 1. The third-order valence-corrected chi connectivity index (χ3v) is 3.77. The van der Waals surface area contributed by atoms with Gasteiger partial charge in [-0.25, -0.2) is 0 Å². The van der Waals surface area contributed by atoms with Crippen molar-refractivity contribution >= 4 is 17.3 Å². The van der Waals surface area contributed by atoms with Gasteiger partial charge >= 0.3 is 0 Å². The van der Waals surface area contributed by atoms with Crippen molar-refractivity contribution in [2.75, 3.05) is 29.9 Å². The zero-order valence-electron chi connectivity index (χ0n) is 10.6.